The Morgan fingerprint density at radius 2 is 1.70 bits per heavy atom. The predicted octanol–water partition coefficient (Wildman–Crippen LogP) is 5.78. The summed E-state index contributed by atoms with van der Waals surface area (Å²) < 4.78 is 4.71. The van der Waals surface area contributed by atoms with Crippen molar-refractivity contribution < 1.29 is 9.53 Å². The Balaban J connectivity index is 1.94. The molecule has 0 N–H and O–H groups in total. The number of rotatable bonds is 3. The van der Waals surface area contributed by atoms with Crippen molar-refractivity contribution in [1.29, 1.82) is 0 Å². The monoisotopic (exact) mass is 363 g/mol. The van der Waals surface area contributed by atoms with E-state index in [1.807, 2.05) is 6.07 Å². The van der Waals surface area contributed by atoms with E-state index < -0.39 is 5.97 Å². The number of carbonyl (C=O) groups excluding carboxylic acids is 1. The zero-order valence-corrected chi connectivity index (χ0v) is 17.2. The Morgan fingerprint density at radius 1 is 1.04 bits per heavy atom. The number of esters is 1. The molecule has 0 fully saturated rings. The first-order chi connectivity index (χ1) is 12.6. The zero-order chi connectivity index (χ0) is 19.8. The third-order valence-electron chi connectivity index (χ3n) is 5.87. The van der Waals surface area contributed by atoms with Crippen LogP contribution in [0, 0.1) is 0 Å². The lowest BCUT2D eigenvalue weighted by Gasteiger charge is -2.42. The Hall–Kier alpha value is -2.42. The van der Waals surface area contributed by atoms with Crippen molar-refractivity contribution in [3.63, 3.8) is 0 Å². The van der Waals surface area contributed by atoms with E-state index in [4.69, 9.17) is 4.74 Å². The Labute approximate surface area is 162 Å². The van der Waals surface area contributed by atoms with Crippen LogP contribution >= 0.6 is 0 Å². The van der Waals surface area contributed by atoms with E-state index in [1.165, 1.54) is 36.6 Å². The number of carbonyl (C=O) groups is 1. The maximum absolute atomic E-state index is 11.5. The zero-order valence-electron chi connectivity index (χ0n) is 17.2. The fourth-order valence-electron chi connectivity index (χ4n) is 3.88. The van der Waals surface area contributed by atoms with E-state index in [9.17, 15) is 4.79 Å². The molecule has 1 heterocycles. The Morgan fingerprint density at radius 3 is 2.30 bits per heavy atom. The van der Waals surface area contributed by atoms with Crippen molar-refractivity contribution in [3.8, 4) is 0 Å². The second-order valence-electron chi connectivity index (χ2n) is 8.82. The summed E-state index contributed by atoms with van der Waals surface area (Å²) in [5.74, 6) is -0.414. The molecule has 0 saturated carbocycles. The Kier molecular flexibility index (Phi) is 4.98. The number of nitrogens with zero attached hydrogens (tertiary/aromatic N) is 1. The van der Waals surface area contributed by atoms with Crippen LogP contribution in [0.25, 0.3) is 11.6 Å². The SMILES string of the molecule is COC(=O)c1ccc(/C(C)=C\c2ccc3c(c2)C(C)(C)CCC3(C)C)cn1. The van der Waals surface area contributed by atoms with Gasteiger partial charge in [-0.3, -0.25) is 0 Å². The summed E-state index contributed by atoms with van der Waals surface area (Å²) in [6.45, 7) is 11.4. The molecule has 1 aliphatic carbocycles. The minimum absolute atomic E-state index is 0.201. The van der Waals surface area contributed by atoms with Crippen LogP contribution in [-0.2, 0) is 15.6 Å². The van der Waals surface area contributed by atoms with Gasteiger partial charge in [0.15, 0.2) is 0 Å². The van der Waals surface area contributed by atoms with E-state index in [0.29, 0.717) is 5.69 Å². The summed E-state index contributed by atoms with van der Waals surface area (Å²) in [5, 5.41) is 0. The molecule has 0 amide bonds. The van der Waals surface area contributed by atoms with Crippen LogP contribution in [-0.4, -0.2) is 18.1 Å². The molecule has 0 saturated heterocycles. The number of fused-ring (bicyclic) bond motifs is 1. The highest BCUT2D eigenvalue weighted by Gasteiger charge is 2.36. The summed E-state index contributed by atoms with van der Waals surface area (Å²) in [5.41, 5.74) is 7.01. The van der Waals surface area contributed by atoms with Gasteiger partial charge in [0.1, 0.15) is 5.69 Å². The van der Waals surface area contributed by atoms with Gasteiger partial charge in [-0.2, -0.15) is 0 Å². The van der Waals surface area contributed by atoms with Crippen LogP contribution in [0.5, 0.6) is 0 Å². The summed E-state index contributed by atoms with van der Waals surface area (Å²) >= 11 is 0. The molecule has 3 rings (SSSR count). The summed E-state index contributed by atoms with van der Waals surface area (Å²) in [6, 6.07) is 10.5. The first kappa shape index (κ1) is 19.3. The smallest absolute Gasteiger partial charge is 0.356 e. The minimum Gasteiger partial charge on any atom is -0.464 e. The molecule has 0 radical (unpaired) electrons. The molecule has 0 bridgehead atoms. The topological polar surface area (TPSA) is 39.2 Å². The van der Waals surface area contributed by atoms with Gasteiger partial charge >= 0.3 is 5.97 Å². The van der Waals surface area contributed by atoms with E-state index in [2.05, 4.69) is 63.9 Å². The summed E-state index contributed by atoms with van der Waals surface area (Å²) in [4.78, 5) is 15.7. The number of ether oxygens (including phenoxy) is 1. The quantitative estimate of drug-likeness (QED) is 0.649. The van der Waals surface area contributed by atoms with E-state index in [0.717, 1.165) is 11.1 Å². The van der Waals surface area contributed by atoms with Gasteiger partial charge in [0.2, 0.25) is 0 Å². The highest BCUT2D eigenvalue weighted by Crippen LogP contribution is 2.46. The molecule has 0 aliphatic heterocycles. The average molecular weight is 364 g/mol. The second kappa shape index (κ2) is 6.95. The number of allylic oxidation sites excluding steroid dienone is 1. The van der Waals surface area contributed by atoms with Gasteiger partial charge in [0, 0.05) is 6.20 Å². The lowest BCUT2D eigenvalue weighted by molar-refractivity contribution is 0.0594. The number of pyridine rings is 1. The highest BCUT2D eigenvalue weighted by molar-refractivity contribution is 5.88. The molecular weight excluding hydrogens is 334 g/mol. The van der Waals surface area contributed by atoms with Crippen molar-refractivity contribution in [3.05, 3.63) is 64.5 Å². The van der Waals surface area contributed by atoms with E-state index >= 15 is 0 Å². The fourth-order valence-corrected chi connectivity index (χ4v) is 3.88. The van der Waals surface area contributed by atoms with Crippen molar-refractivity contribution in [2.24, 2.45) is 0 Å². The lowest BCUT2D eigenvalue weighted by atomic mass is 9.63. The predicted molar refractivity (Wildman–Crippen MR) is 111 cm³/mol. The van der Waals surface area contributed by atoms with Crippen molar-refractivity contribution in [2.75, 3.05) is 7.11 Å². The van der Waals surface area contributed by atoms with Gasteiger partial charge in [-0.25, -0.2) is 9.78 Å². The van der Waals surface area contributed by atoms with E-state index in [1.54, 1.807) is 12.3 Å². The van der Waals surface area contributed by atoms with Crippen LogP contribution in [0.1, 0.15) is 80.2 Å². The number of benzene rings is 1. The maximum Gasteiger partial charge on any atom is 0.356 e. The third kappa shape index (κ3) is 3.83. The Bertz CT molecular complexity index is 889. The molecule has 0 atom stereocenters. The largest absolute Gasteiger partial charge is 0.464 e. The van der Waals surface area contributed by atoms with Crippen LogP contribution < -0.4 is 0 Å². The summed E-state index contributed by atoms with van der Waals surface area (Å²) in [6.07, 6.45) is 6.34. The van der Waals surface area contributed by atoms with Crippen LogP contribution in [0.4, 0.5) is 0 Å². The highest BCUT2D eigenvalue weighted by atomic mass is 16.5. The fraction of sp³-hybridized carbons (Fsp3) is 0.417. The van der Waals surface area contributed by atoms with Gasteiger partial charge in [0.05, 0.1) is 7.11 Å². The van der Waals surface area contributed by atoms with Crippen LogP contribution in [0.2, 0.25) is 0 Å². The molecular formula is C24H29NO2. The minimum atomic E-state index is -0.414. The molecule has 3 nitrogen and oxygen atoms in total. The van der Waals surface area contributed by atoms with Gasteiger partial charge in [0.25, 0.3) is 0 Å². The van der Waals surface area contributed by atoms with Gasteiger partial charge in [-0.15, -0.1) is 0 Å². The molecule has 27 heavy (non-hydrogen) atoms. The van der Waals surface area contributed by atoms with Crippen LogP contribution in [0.3, 0.4) is 0 Å². The number of aromatic nitrogens is 1. The molecule has 1 aliphatic rings. The normalized spacial score (nSPS) is 17.9. The first-order valence-electron chi connectivity index (χ1n) is 9.52. The molecule has 142 valence electrons. The third-order valence-corrected chi connectivity index (χ3v) is 5.87. The van der Waals surface area contributed by atoms with Crippen LogP contribution in [0.15, 0.2) is 36.5 Å². The van der Waals surface area contributed by atoms with E-state index in [-0.39, 0.29) is 10.8 Å². The standard InChI is InChI=1S/C24H29NO2/c1-16(18-8-10-21(25-15-18)22(26)27-6)13-17-7-9-19-20(14-17)24(4,5)12-11-23(19,2)3/h7-10,13-15H,11-12H2,1-6H3/b16-13-. The molecule has 0 spiro atoms. The van der Waals surface area contributed by atoms with Gasteiger partial charge in [-0.1, -0.05) is 58.0 Å². The molecule has 0 unspecified atom stereocenters. The number of hydrogen-bond acceptors (Lipinski definition) is 3. The molecule has 3 heteroatoms. The first-order valence-corrected chi connectivity index (χ1v) is 9.52. The van der Waals surface area contributed by atoms with Crippen molar-refractivity contribution in [2.45, 2.75) is 58.3 Å². The number of methoxy groups -OCH3 is 1. The lowest BCUT2D eigenvalue weighted by Crippen LogP contribution is -2.33. The second-order valence-corrected chi connectivity index (χ2v) is 8.82. The van der Waals surface area contributed by atoms with Crippen molar-refractivity contribution in [1.82, 2.24) is 4.98 Å². The summed E-state index contributed by atoms with van der Waals surface area (Å²) in [7, 11) is 1.36. The number of hydrogen-bond donors (Lipinski definition) is 0. The molecule has 1 aromatic carbocycles. The maximum atomic E-state index is 11.5. The molecule has 2 aromatic rings. The molecule has 1 aromatic heterocycles. The van der Waals surface area contributed by atoms with Crippen molar-refractivity contribution >= 4 is 17.6 Å². The van der Waals surface area contributed by atoms with Gasteiger partial charge in [-0.05, 0) is 64.5 Å². The average Bonchev–Trinajstić information content (AvgIpc) is 2.65. The van der Waals surface area contributed by atoms with Gasteiger partial charge < -0.3 is 4.74 Å².